The third kappa shape index (κ3) is 4.88. The van der Waals surface area contributed by atoms with Crippen LogP contribution in [-0.4, -0.2) is 40.2 Å². The molecule has 0 radical (unpaired) electrons. The maximum Gasteiger partial charge on any atom is 0.315 e. The molecular formula is C10H18N5O3S+. The Balaban J connectivity index is 0.000000550. The summed E-state index contributed by atoms with van der Waals surface area (Å²) < 4.78 is 0. The highest BCUT2D eigenvalue weighted by molar-refractivity contribution is 8.00. The summed E-state index contributed by atoms with van der Waals surface area (Å²) in [4.78, 5) is 23.5. The molecule has 5 N–H and O–H groups in total. The summed E-state index contributed by atoms with van der Waals surface area (Å²) in [6, 6.07) is 0.440. The van der Waals surface area contributed by atoms with Crippen molar-refractivity contribution in [2.75, 3.05) is 5.75 Å². The van der Waals surface area contributed by atoms with Crippen molar-refractivity contribution in [1.82, 2.24) is 15.5 Å². The minimum Gasteiger partial charge on any atom is -0.481 e. The van der Waals surface area contributed by atoms with Crippen molar-refractivity contribution in [2.45, 2.75) is 43.0 Å². The monoisotopic (exact) mass is 288 g/mol. The van der Waals surface area contributed by atoms with Crippen molar-refractivity contribution in [3.05, 3.63) is 0 Å². The first-order valence-corrected chi connectivity index (χ1v) is 7.07. The Kier molecular flexibility index (Phi) is 6.31. The summed E-state index contributed by atoms with van der Waals surface area (Å²) >= 11 is 1.87. The van der Waals surface area contributed by atoms with Crippen LogP contribution in [0.2, 0.25) is 0 Å². The molecule has 106 valence electrons. The van der Waals surface area contributed by atoms with Gasteiger partial charge in [-0.1, -0.05) is 6.42 Å². The Bertz CT molecular complexity index is 372. The Morgan fingerprint density at radius 3 is 2.74 bits per heavy atom. The number of hydrogen-bond donors (Lipinski definition) is 5. The van der Waals surface area contributed by atoms with Crippen LogP contribution in [0, 0.1) is 11.1 Å². The number of carboxylic acids is 1. The maximum atomic E-state index is 11.1. The molecule has 2 heterocycles. The summed E-state index contributed by atoms with van der Waals surface area (Å²) in [5.74, 6) is 0.236. The molecule has 0 aromatic rings. The van der Waals surface area contributed by atoms with Gasteiger partial charge in [-0.3, -0.25) is 4.79 Å². The normalized spacial score (nSPS) is 27.4. The van der Waals surface area contributed by atoms with Crippen LogP contribution in [-0.2, 0) is 4.79 Å². The SMILES string of the molecule is N=[N+]=N.O=C(O)CCCC[C@@H]1SC[C@@H]2NC(=O)N[C@@H]21. The van der Waals surface area contributed by atoms with E-state index < -0.39 is 5.97 Å². The van der Waals surface area contributed by atoms with Gasteiger partial charge in [0.05, 0.1) is 12.1 Å². The standard InChI is InChI=1S/C10H16N2O3S.H2N3/c13-8(14)4-2-1-3-7-9-6(5-16-7)11-10(15)12-9;1-3-2/h6-7,9H,1-5H2,(H,13,14)(H2,11,12,15);1-2H/q;+1/t6-,7-,9-;/m0./s1. The van der Waals surface area contributed by atoms with Gasteiger partial charge in [0, 0.05) is 17.4 Å². The molecule has 8 nitrogen and oxygen atoms in total. The van der Waals surface area contributed by atoms with Crippen LogP contribution in [0.3, 0.4) is 0 Å². The van der Waals surface area contributed by atoms with E-state index in [1.165, 1.54) is 0 Å². The van der Waals surface area contributed by atoms with E-state index in [0.717, 1.165) is 25.0 Å². The molecule has 2 aliphatic heterocycles. The fourth-order valence-electron chi connectivity index (χ4n) is 2.26. The molecule has 0 spiro atoms. The van der Waals surface area contributed by atoms with Crippen LogP contribution in [0.5, 0.6) is 0 Å². The number of unbranched alkanes of at least 4 members (excludes halogenated alkanes) is 1. The van der Waals surface area contributed by atoms with Crippen LogP contribution in [0.4, 0.5) is 4.79 Å². The topological polar surface area (TPSA) is 140 Å². The summed E-state index contributed by atoms with van der Waals surface area (Å²) in [7, 11) is 0. The van der Waals surface area contributed by atoms with Gasteiger partial charge in [0.2, 0.25) is 4.91 Å². The number of aliphatic carboxylic acids is 1. The number of nitrogens with one attached hydrogen (secondary N) is 4. The predicted molar refractivity (Wildman–Crippen MR) is 69.2 cm³/mol. The highest BCUT2D eigenvalue weighted by Gasteiger charge is 2.42. The Morgan fingerprint density at radius 2 is 2.11 bits per heavy atom. The van der Waals surface area contributed by atoms with Gasteiger partial charge in [-0.25, -0.2) is 4.79 Å². The van der Waals surface area contributed by atoms with E-state index in [1.807, 2.05) is 16.7 Å². The molecule has 2 rings (SSSR count). The van der Waals surface area contributed by atoms with Gasteiger partial charge in [0.1, 0.15) is 11.1 Å². The second-order valence-corrected chi connectivity index (χ2v) is 5.65. The lowest BCUT2D eigenvalue weighted by molar-refractivity contribution is -0.137. The molecule has 2 fully saturated rings. The molecular weight excluding hydrogens is 270 g/mol. The number of carboxylic acid groups (broad SMARTS) is 1. The van der Waals surface area contributed by atoms with Gasteiger partial charge in [-0.15, -0.1) is 0 Å². The highest BCUT2D eigenvalue weighted by Crippen LogP contribution is 2.33. The largest absolute Gasteiger partial charge is 0.481 e. The number of hydrogen-bond acceptors (Lipinski definition) is 5. The van der Waals surface area contributed by atoms with E-state index >= 15 is 0 Å². The molecule has 0 saturated carbocycles. The molecule has 19 heavy (non-hydrogen) atoms. The molecule has 0 aromatic heterocycles. The van der Waals surface area contributed by atoms with Crippen molar-refractivity contribution in [3.63, 3.8) is 0 Å². The lowest BCUT2D eigenvalue weighted by atomic mass is 10.0. The van der Waals surface area contributed by atoms with E-state index in [0.29, 0.717) is 5.25 Å². The number of carbonyl (C=O) groups is 2. The van der Waals surface area contributed by atoms with Gasteiger partial charge < -0.3 is 15.7 Å². The van der Waals surface area contributed by atoms with Crippen LogP contribution < -0.4 is 15.5 Å². The summed E-state index contributed by atoms with van der Waals surface area (Å²) in [5, 5.41) is 14.8. The summed E-state index contributed by atoms with van der Waals surface area (Å²) in [5.41, 5.74) is 11.0. The number of fused-ring (bicyclic) bond motifs is 1. The van der Waals surface area contributed by atoms with E-state index in [-0.39, 0.29) is 24.5 Å². The molecule has 2 aliphatic rings. The lowest BCUT2D eigenvalue weighted by Gasteiger charge is -2.16. The van der Waals surface area contributed by atoms with Crippen LogP contribution in [0.25, 0.3) is 0 Å². The lowest BCUT2D eigenvalue weighted by Crippen LogP contribution is -2.36. The first-order chi connectivity index (χ1) is 9.08. The first-order valence-electron chi connectivity index (χ1n) is 6.02. The third-order valence-corrected chi connectivity index (χ3v) is 4.58. The Hall–Kier alpha value is -1.60. The van der Waals surface area contributed by atoms with E-state index in [2.05, 4.69) is 10.6 Å². The van der Waals surface area contributed by atoms with Crippen molar-refractivity contribution in [3.8, 4) is 0 Å². The highest BCUT2D eigenvalue weighted by atomic mass is 32.2. The van der Waals surface area contributed by atoms with E-state index in [4.69, 9.17) is 16.2 Å². The number of amides is 2. The van der Waals surface area contributed by atoms with Crippen molar-refractivity contribution < 1.29 is 14.7 Å². The molecule has 2 amide bonds. The van der Waals surface area contributed by atoms with Crippen molar-refractivity contribution in [2.24, 2.45) is 0 Å². The molecule has 0 bridgehead atoms. The van der Waals surface area contributed by atoms with Crippen molar-refractivity contribution in [1.29, 1.82) is 11.1 Å². The van der Waals surface area contributed by atoms with Gasteiger partial charge in [0.15, 0.2) is 0 Å². The van der Waals surface area contributed by atoms with E-state index in [9.17, 15) is 9.59 Å². The average Bonchev–Trinajstić information content (AvgIpc) is 2.85. The summed E-state index contributed by atoms with van der Waals surface area (Å²) in [6.07, 6.45) is 2.88. The minimum atomic E-state index is -0.729. The third-order valence-electron chi connectivity index (χ3n) is 3.07. The zero-order valence-corrected chi connectivity index (χ0v) is 11.2. The zero-order valence-electron chi connectivity index (χ0n) is 10.4. The smallest absolute Gasteiger partial charge is 0.315 e. The Labute approximate surface area is 114 Å². The fraction of sp³-hybridized carbons (Fsp3) is 0.800. The van der Waals surface area contributed by atoms with Gasteiger partial charge >= 0.3 is 12.0 Å². The molecule has 0 aromatic carbocycles. The second kappa shape index (κ2) is 7.75. The maximum absolute atomic E-state index is 11.1. The quantitative estimate of drug-likeness (QED) is 0.222. The number of thioether (sulfide) groups is 1. The number of urea groups is 1. The minimum absolute atomic E-state index is 0.0640. The fourth-order valence-corrected chi connectivity index (χ4v) is 3.81. The van der Waals surface area contributed by atoms with Gasteiger partial charge in [-0.05, 0) is 12.8 Å². The molecule has 0 unspecified atom stereocenters. The molecule has 3 atom stereocenters. The Morgan fingerprint density at radius 1 is 1.42 bits per heavy atom. The molecule has 2 saturated heterocycles. The summed E-state index contributed by atoms with van der Waals surface area (Å²) in [6.45, 7) is 0. The van der Waals surface area contributed by atoms with Crippen LogP contribution >= 0.6 is 11.8 Å². The number of carbonyl (C=O) groups excluding carboxylic acids is 1. The van der Waals surface area contributed by atoms with Gasteiger partial charge in [0.25, 0.3) is 0 Å². The number of nitrogens with zero attached hydrogens (tertiary/aromatic N) is 1. The first kappa shape index (κ1) is 15.5. The van der Waals surface area contributed by atoms with Crippen molar-refractivity contribution >= 4 is 23.8 Å². The second-order valence-electron chi connectivity index (χ2n) is 4.37. The average molecular weight is 288 g/mol. The molecule has 9 heteroatoms. The predicted octanol–water partition coefficient (Wildman–Crippen LogP) is 0.912. The zero-order chi connectivity index (χ0) is 14.3. The van der Waals surface area contributed by atoms with E-state index in [1.54, 1.807) is 0 Å². The van der Waals surface area contributed by atoms with Crippen LogP contribution in [0.1, 0.15) is 25.7 Å². The number of rotatable bonds is 5. The van der Waals surface area contributed by atoms with Gasteiger partial charge in [-0.2, -0.15) is 11.8 Å². The molecule has 0 aliphatic carbocycles. The van der Waals surface area contributed by atoms with Crippen LogP contribution in [0.15, 0.2) is 0 Å².